The Balaban J connectivity index is 3.21. The Morgan fingerprint density at radius 2 is 1.96 bits per heavy atom. The lowest BCUT2D eigenvalue weighted by atomic mass is 9.85. The van der Waals surface area contributed by atoms with E-state index in [1.165, 1.54) is 6.92 Å². The molecule has 0 saturated heterocycles. The molecule has 0 radical (unpaired) electrons. The number of hydrogen-bond donors (Lipinski definition) is 2. The van der Waals surface area contributed by atoms with Crippen LogP contribution in [0.1, 0.15) is 60.8 Å². The van der Waals surface area contributed by atoms with Gasteiger partial charge in [0, 0.05) is 19.2 Å². The Hall–Kier alpha value is -1.66. The van der Waals surface area contributed by atoms with E-state index in [0.717, 1.165) is 18.4 Å². The van der Waals surface area contributed by atoms with Crippen LogP contribution in [0.5, 0.6) is 0 Å². The van der Waals surface area contributed by atoms with Gasteiger partial charge in [0.2, 0.25) is 5.91 Å². The van der Waals surface area contributed by atoms with Crippen LogP contribution in [0.25, 0.3) is 0 Å². The first-order valence-corrected chi connectivity index (χ1v) is 8.89. The Kier molecular flexibility index (Phi) is 7.38. The maximum atomic E-state index is 12.7. The summed E-state index contributed by atoms with van der Waals surface area (Å²) in [4.78, 5) is 24.2. The lowest BCUT2D eigenvalue weighted by molar-refractivity contribution is -0.167. The quantitative estimate of drug-likeness (QED) is 0.418. The van der Waals surface area contributed by atoms with Crippen LogP contribution < -0.4 is 11.1 Å². The molecule has 6 heteroatoms. The lowest BCUT2D eigenvalue weighted by Gasteiger charge is -2.37. The number of esters is 1. The fraction of sp³-hybridized carbons (Fsp3) is 0.684. The zero-order valence-corrected chi connectivity index (χ0v) is 16.3. The van der Waals surface area contributed by atoms with Crippen molar-refractivity contribution in [2.45, 2.75) is 72.1 Å². The van der Waals surface area contributed by atoms with Crippen LogP contribution in [0.3, 0.4) is 0 Å². The van der Waals surface area contributed by atoms with Crippen LogP contribution in [0.2, 0.25) is 0 Å². The van der Waals surface area contributed by atoms with Crippen molar-refractivity contribution in [1.29, 1.82) is 0 Å². The van der Waals surface area contributed by atoms with E-state index < -0.39 is 23.2 Å². The highest BCUT2D eigenvalue weighted by Gasteiger charge is 2.43. The van der Waals surface area contributed by atoms with Gasteiger partial charge in [0.15, 0.2) is 5.72 Å². The van der Waals surface area contributed by atoms with Gasteiger partial charge in [-0.25, -0.2) is 0 Å². The normalized spacial score (nSPS) is 23.6. The maximum Gasteiger partial charge on any atom is 0.318 e. The molecule has 0 bridgehead atoms. The van der Waals surface area contributed by atoms with Crippen molar-refractivity contribution in [1.82, 2.24) is 5.32 Å². The molecule has 142 valence electrons. The van der Waals surface area contributed by atoms with Crippen LogP contribution in [0.4, 0.5) is 0 Å². The van der Waals surface area contributed by atoms with E-state index >= 15 is 0 Å². The van der Waals surface area contributed by atoms with Gasteiger partial charge in [0.05, 0.1) is 0 Å². The van der Waals surface area contributed by atoms with Crippen LogP contribution in [0, 0.1) is 5.92 Å². The number of carbonyl (C=O) groups excluding carboxylic acids is 2. The van der Waals surface area contributed by atoms with E-state index in [0.29, 0.717) is 18.7 Å². The molecule has 6 nitrogen and oxygen atoms in total. The Morgan fingerprint density at radius 1 is 1.32 bits per heavy atom. The summed E-state index contributed by atoms with van der Waals surface area (Å²) in [6.07, 6.45) is 5.82. The highest BCUT2D eigenvalue weighted by Crippen LogP contribution is 2.33. The third-order valence-electron chi connectivity index (χ3n) is 3.77. The molecule has 1 amide bonds. The number of allylic oxidation sites excluding steroid dienone is 1. The van der Waals surface area contributed by atoms with Crippen molar-refractivity contribution in [3.63, 3.8) is 0 Å². The van der Waals surface area contributed by atoms with Gasteiger partial charge in [-0.2, -0.15) is 0 Å². The Labute approximate surface area is 150 Å². The van der Waals surface area contributed by atoms with Gasteiger partial charge in [0.1, 0.15) is 11.5 Å². The van der Waals surface area contributed by atoms with E-state index in [9.17, 15) is 9.59 Å². The van der Waals surface area contributed by atoms with E-state index in [4.69, 9.17) is 15.2 Å². The number of carbonyl (C=O) groups is 2. The molecule has 1 aliphatic rings. The van der Waals surface area contributed by atoms with Crippen molar-refractivity contribution in [3.8, 4) is 0 Å². The number of nitrogens with one attached hydrogen (secondary N) is 1. The minimum atomic E-state index is -1.35. The molecular weight excluding hydrogens is 320 g/mol. The number of hydrogen-bond acceptors (Lipinski definition) is 5. The fourth-order valence-corrected chi connectivity index (χ4v) is 2.59. The second-order valence-corrected chi connectivity index (χ2v) is 7.35. The van der Waals surface area contributed by atoms with Crippen molar-refractivity contribution >= 4 is 11.9 Å². The summed E-state index contributed by atoms with van der Waals surface area (Å²) >= 11 is 0. The molecule has 0 aromatic rings. The number of rotatable bonds is 7. The lowest BCUT2D eigenvalue weighted by Crippen LogP contribution is -2.54. The summed E-state index contributed by atoms with van der Waals surface area (Å²) in [6, 6.07) is 0. The van der Waals surface area contributed by atoms with E-state index in [1.54, 1.807) is 12.2 Å². The van der Waals surface area contributed by atoms with Crippen molar-refractivity contribution in [3.05, 3.63) is 23.4 Å². The van der Waals surface area contributed by atoms with Gasteiger partial charge in [-0.1, -0.05) is 26.3 Å². The SMILES string of the molecule is CCCCOC1(N)C=C(NC(C)=O)C(CC)=CC1C(=O)OC(C)(C)C. The zero-order chi connectivity index (χ0) is 19.3. The number of amides is 1. The van der Waals surface area contributed by atoms with E-state index in [1.807, 2.05) is 34.6 Å². The average molecular weight is 352 g/mol. The molecule has 0 saturated carbocycles. The molecule has 0 fully saturated rings. The first kappa shape index (κ1) is 21.4. The minimum Gasteiger partial charge on any atom is -0.459 e. The molecule has 0 aromatic heterocycles. The fourth-order valence-electron chi connectivity index (χ4n) is 2.59. The van der Waals surface area contributed by atoms with Gasteiger partial charge in [0.25, 0.3) is 0 Å². The maximum absolute atomic E-state index is 12.7. The summed E-state index contributed by atoms with van der Waals surface area (Å²) in [7, 11) is 0. The van der Waals surface area contributed by atoms with E-state index in [2.05, 4.69) is 5.32 Å². The van der Waals surface area contributed by atoms with Crippen molar-refractivity contribution in [2.75, 3.05) is 6.61 Å². The molecular formula is C19H32N2O4. The van der Waals surface area contributed by atoms with Crippen LogP contribution >= 0.6 is 0 Å². The molecule has 2 atom stereocenters. The first-order valence-electron chi connectivity index (χ1n) is 8.89. The van der Waals surface area contributed by atoms with E-state index in [-0.39, 0.29) is 5.91 Å². The molecule has 0 heterocycles. The van der Waals surface area contributed by atoms with Gasteiger partial charge < -0.3 is 14.8 Å². The topological polar surface area (TPSA) is 90.6 Å². The second kappa shape index (κ2) is 8.63. The first-order chi connectivity index (χ1) is 11.5. The van der Waals surface area contributed by atoms with Gasteiger partial charge in [-0.05, 0) is 45.3 Å². The molecule has 1 rings (SSSR count). The monoisotopic (exact) mass is 352 g/mol. The summed E-state index contributed by atoms with van der Waals surface area (Å²) in [5.41, 5.74) is 5.91. The summed E-state index contributed by atoms with van der Waals surface area (Å²) in [6.45, 7) is 11.3. The summed E-state index contributed by atoms with van der Waals surface area (Å²) < 4.78 is 11.4. The molecule has 2 unspecified atom stereocenters. The third kappa shape index (κ3) is 6.29. The Bertz CT molecular complexity index is 560. The predicted molar refractivity (Wildman–Crippen MR) is 97.4 cm³/mol. The predicted octanol–water partition coefficient (Wildman–Crippen LogP) is 2.79. The molecule has 3 N–H and O–H groups in total. The van der Waals surface area contributed by atoms with Gasteiger partial charge >= 0.3 is 5.97 Å². The van der Waals surface area contributed by atoms with Gasteiger partial charge in [-0.15, -0.1) is 0 Å². The molecule has 25 heavy (non-hydrogen) atoms. The average Bonchev–Trinajstić information content (AvgIpc) is 2.45. The highest BCUT2D eigenvalue weighted by atomic mass is 16.6. The van der Waals surface area contributed by atoms with Crippen LogP contribution in [-0.2, 0) is 19.1 Å². The number of nitrogens with two attached hydrogens (primary N) is 1. The summed E-state index contributed by atoms with van der Waals surface area (Å²) in [5, 5.41) is 2.78. The summed E-state index contributed by atoms with van der Waals surface area (Å²) in [5.74, 6) is -1.40. The molecule has 0 aromatic carbocycles. The van der Waals surface area contributed by atoms with Crippen LogP contribution in [0.15, 0.2) is 23.4 Å². The number of unbranched alkanes of at least 4 members (excludes halogenated alkanes) is 1. The molecule has 1 aliphatic carbocycles. The second-order valence-electron chi connectivity index (χ2n) is 7.35. The minimum absolute atomic E-state index is 0.197. The van der Waals surface area contributed by atoms with Crippen molar-refractivity contribution in [2.24, 2.45) is 11.7 Å². The standard InChI is InChI=1S/C19H32N2O4/c1-7-9-10-24-19(20)12-16(21-13(3)22)14(8-2)11-15(19)17(23)25-18(4,5)6/h11-12,15H,7-10,20H2,1-6H3,(H,21,22). The van der Waals surface area contributed by atoms with Crippen LogP contribution in [-0.4, -0.2) is 29.8 Å². The molecule has 0 spiro atoms. The zero-order valence-electron chi connectivity index (χ0n) is 16.3. The third-order valence-corrected chi connectivity index (χ3v) is 3.77. The molecule has 0 aliphatic heterocycles. The van der Waals surface area contributed by atoms with Gasteiger partial charge in [-0.3, -0.25) is 15.3 Å². The van der Waals surface area contributed by atoms with Crippen molar-refractivity contribution < 1.29 is 19.1 Å². The number of ether oxygens (including phenoxy) is 2. The smallest absolute Gasteiger partial charge is 0.318 e. The highest BCUT2D eigenvalue weighted by molar-refractivity contribution is 5.80. The largest absolute Gasteiger partial charge is 0.459 e. The Morgan fingerprint density at radius 3 is 2.44 bits per heavy atom.